The van der Waals surface area contributed by atoms with E-state index in [4.69, 9.17) is 9.47 Å². The minimum atomic E-state index is 0.740. The smallest absolute Gasteiger partial charge is 0.161 e. The molecule has 0 N–H and O–H groups in total. The van der Waals surface area contributed by atoms with Gasteiger partial charge in [0.1, 0.15) is 0 Å². The minimum absolute atomic E-state index is 0.740. The first-order valence-electron chi connectivity index (χ1n) is 18.4. The molecule has 2 nitrogen and oxygen atoms in total. The molecule has 0 aliphatic carbocycles. The quantitative estimate of drug-likeness (QED) is 0.0856. The van der Waals surface area contributed by atoms with Gasteiger partial charge in [0.2, 0.25) is 0 Å². The van der Waals surface area contributed by atoms with Gasteiger partial charge < -0.3 is 9.47 Å². The molecule has 0 saturated carbocycles. The van der Waals surface area contributed by atoms with E-state index < -0.39 is 0 Å². The van der Waals surface area contributed by atoms with Gasteiger partial charge in [0.15, 0.2) is 11.5 Å². The normalized spacial score (nSPS) is 11.1. The van der Waals surface area contributed by atoms with Gasteiger partial charge in [-0.15, -0.1) is 0 Å². The van der Waals surface area contributed by atoms with Crippen molar-refractivity contribution in [2.45, 2.75) is 142 Å². The SMILES string of the molecule is CCCCCCCCCCCCOc1cc(-c2ccccc2)c(-c2ccccc2)cc1OCCCCCCCCCCCC. The Hall–Kier alpha value is -2.74. The maximum Gasteiger partial charge on any atom is 0.161 e. The number of ether oxygens (including phenoxy) is 2. The van der Waals surface area contributed by atoms with E-state index in [2.05, 4.69) is 86.6 Å². The minimum Gasteiger partial charge on any atom is -0.490 e. The Balaban J connectivity index is 1.57. The highest BCUT2D eigenvalue weighted by molar-refractivity contribution is 5.86. The van der Waals surface area contributed by atoms with Crippen LogP contribution in [0.25, 0.3) is 22.3 Å². The molecule has 2 heteroatoms. The molecule has 3 rings (SSSR count). The first-order valence-corrected chi connectivity index (χ1v) is 18.4. The molecule has 0 heterocycles. The van der Waals surface area contributed by atoms with Crippen LogP contribution in [0.2, 0.25) is 0 Å². The van der Waals surface area contributed by atoms with Gasteiger partial charge >= 0.3 is 0 Å². The molecule has 0 fully saturated rings. The lowest BCUT2D eigenvalue weighted by Crippen LogP contribution is -2.04. The molecule has 0 aromatic heterocycles. The average Bonchev–Trinajstić information content (AvgIpc) is 3.07. The van der Waals surface area contributed by atoms with Crippen LogP contribution < -0.4 is 9.47 Å². The molecule has 0 spiro atoms. The van der Waals surface area contributed by atoms with Gasteiger partial charge in [0.05, 0.1) is 13.2 Å². The lowest BCUT2D eigenvalue weighted by atomic mass is 9.94. The Morgan fingerprint density at radius 1 is 0.364 bits per heavy atom. The van der Waals surface area contributed by atoms with Gasteiger partial charge in [-0.1, -0.05) is 190 Å². The second-order valence-electron chi connectivity index (χ2n) is 12.6. The number of hydrogen-bond donors (Lipinski definition) is 0. The molecule has 44 heavy (non-hydrogen) atoms. The second-order valence-corrected chi connectivity index (χ2v) is 12.6. The molecule has 0 atom stereocenters. The first kappa shape index (κ1) is 35.7. The van der Waals surface area contributed by atoms with Crippen molar-refractivity contribution >= 4 is 0 Å². The zero-order valence-corrected chi connectivity index (χ0v) is 28.3. The fraction of sp³-hybridized carbons (Fsp3) is 0.571. The van der Waals surface area contributed by atoms with E-state index in [1.807, 2.05) is 0 Å². The van der Waals surface area contributed by atoms with Crippen LogP contribution in [0.4, 0.5) is 0 Å². The van der Waals surface area contributed by atoms with E-state index >= 15 is 0 Å². The van der Waals surface area contributed by atoms with Gasteiger partial charge in [-0.3, -0.25) is 0 Å². The fourth-order valence-corrected chi connectivity index (χ4v) is 6.04. The Morgan fingerprint density at radius 3 is 0.977 bits per heavy atom. The number of hydrogen-bond acceptors (Lipinski definition) is 2. The number of benzene rings is 3. The summed E-state index contributed by atoms with van der Waals surface area (Å²) in [6.07, 6.45) is 26.6. The van der Waals surface area contributed by atoms with Crippen LogP contribution in [0, 0.1) is 0 Å². The zero-order chi connectivity index (χ0) is 30.9. The predicted molar refractivity (Wildman–Crippen MR) is 192 cm³/mol. The van der Waals surface area contributed by atoms with E-state index in [9.17, 15) is 0 Å². The van der Waals surface area contributed by atoms with Crippen LogP contribution in [0.3, 0.4) is 0 Å². The van der Waals surface area contributed by atoms with Gasteiger partial charge in [-0.25, -0.2) is 0 Å². The van der Waals surface area contributed by atoms with E-state index in [1.165, 1.54) is 138 Å². The lowest BCUT2D eigenvalue weighted by molar-refractivity contribution is 0.258. The third kappa shape index (κ3) is 14.4. The Bertz CT molecular complexity index is 1000. The average molecular weight is 599 g/mol. The Labute approximate surface area is 271 Å². The van der Waals surface area contributed by atoms with Gasteiger partial charge in [-0.05, 0) is 47.2 Å². The van der Waals surface area contributed by atoms with E-state index in [1.54, 1.807) is 0 Å². The maximum absolute atomic E-state index is 6.49. The summed E-state index contributed by atoms with van der Waals surface area (Å²) in [4.78, 5) is 0. The second kappa shape index (κ2) is 23.6. The van der Waals surface area contributed by atoms with Crippen LogP contribution in [0.5, 0.6) is 11.5 Å². The van der Waals surface area contributed by atoms with Gasteiger partial charge in [-0.2, -0.15) is 0 Å². The molecule has 0 saturated heterocycles. The van der Waals surface area contributed by atoms with Crippen molar-refractivity contribution in [3.63, 3.8) is 0 Å². The molecule has 0 amide bonds. The standard InChI is InChI=1S/C42H62O2/c1-3-5-7-9-11-13-15-17-19-27-33-43-41-35-39(37-29-23-21-24-30-37)40(38-31-25-22-26-32-38)36-42(41)44-34-28-20-18-16-14-12-10-8-6-4-2/h21-26,29-32,35-36H,3-20,27-28,33-34H2,1-2H3. The monoisotopic (exact) mass is 598 g/mol. The summed E-state index contributed by atoms with van der Waals surface area (Å²) in [6.45, 7) is 6.06. The number of unbranched alkanes of at least 4 members (excludes halogenated alkanes) is 18. The van der Waals surface area contributed by atoms with Crippen LogP contribution in [-0.4, -0.2) is 13.2 Å². The molecule has 0 bridgehead atoms. The highest BCUT2D eigenvalue weighted by Crippen LogP contribution is 2.41. The van der Waals surface area contributed by atoms with E-state index in [0.29, 0.717) is 0 Å². The molecule has 0 aliphatic rings. The van der Waals surface area contributed by atoms with Gasteiger partial charge in [0.25, 0.3) is 0 Å². The summed E-state index contributed by atoms with van der Waals surface area (Å²) in [5.74, 6) is 1.76. The first-order chi connectivity index (χ1) is 21.8. The van der Waals surface area contributed by atoms with Crippen molar-refractivity contribution in [2.75, 3.05) is 13.2 Å². The van der Waals surface area contributed by atoms with Crippen LogP contribution in [0.1, 0.15) is 142 Å². The molecule has 0 radical (unpaired) electrons. The van der Waals surface area contributed by atoms with Crippen molar-refractivity contribution in [3.8, 4) is 33.8 Å². The van der Waals surface area contributed by atoms with Gasteiger partial charge in [0, 0.05) is 0 Å². The molecular weight excluding hydrogens is 536 g/mol. The van der Waals surface area contributed by atoms with Crippen molar-refractivity contribution in [2.24, 2.45) is 0 Å². The Kier molecular flexibility index (Phi) is 19.2. The summed E-state index contributed by atoms with van der Waals surface area (Å²) < 4.78 is 13.0. The summed E-state index contributed by atoms with van der Waals surface area (Å²) in [5, 5.41) is 0. The highest BCUT2D eigenvalue weighted by Gasteiger charge is 2.15. The fourth-order valence-electron chi connectivity index (χ4n) is 6.04. The summed E-state index contributed by atoms with van der Waals surface area (Å²) >= 11 is 0. The van der Waals surface area contributed by atoms with Crippen LogP contribution in [-0.2, 0) is 0 Å². The largest absolute Gasteiger partial charge is 0.490 e. The summed E-state index contributed by atoms with van der Waals surface area (Å²) in [6, 6.07) is 25.8. The molecular formula is C42H62O2. The predicted octanol–water partition coefficient (Wildman–Crippen LogP) is 13.6. The molecule has 242 valence electrons. The van der Waals surface area contributed by atoms with Crippen molar-refractivity contribution in [3.05, 3.63) is 72.8 Å². The maximum atomic E-state index is 6.49. The molecule has 3 aromatic rings. The summed E-state index contributed by atoms with van der Waals surface area (Å²) in [5.41, 5.74) is 4.80. The molecule has 0 aliphatic heterocycles. The third-order valence-corrected chi connectivity index (χ3v) is 8.76. The number of rotatable bonds is 26. The van der Waals surface area contributed by atoms with E-state index in [0.717, 1.165) is 37.6 Å². The summed E-state index contributed by atoms with van der Waals surface area (Å²) in [7, 11) is 0. The zero-order valence-electron chi connectivity index (χ0n) is 28.3. The topological polar surface area (TPSA) is 18.5 Å². The molecule has 3 aromatic carbocycles. The van der Waals surface area contributed by atoms with Crippen LogP contribution in [0.15, 0.2) is 72.8 Å². The van der Waals surface area contributed by atoms with Crippen molar-refractivity contribution in [1.82, 2.24) is 0 Å². The lowest BCUT2D eigenvalue weighted by Gasteiger charge is -2.18. The van der Waals surface area contributed by atoms with E-state index in [-0.39, 0.29) is 0 Å². The third-order valence-electron chi connectivity index (χ3n) is 8.76. The Morgan fingerprint density at radius 2 is 0.659 bits per heavy atom. The highest BCUT2D eigenvalue weighted by atomic mass is 16.5. The van der Waals surface area contributed by atoms with Crippen molar-refractivity contribution < 1.29 is 9.47 Å². The molecule has 0 unspecified atom stereocenters. The van der Waals surface area contributed by atoms with Crippen LogP contribution >= 0.6 is 0 Å². The van der Waals surface area contributed by atoms with Crippen molar-refractivity contribution in [1.29, 1.82) is 0 Å².